The lowest BCUT2D eigenvalue weighted by Crippen LogP contribution is -2.23. The van der Waals surface area contributed by atoms with E-state index >= 15 is 0 Å². The van der Waals surface area contributed by atoms with Crippen molar-refractivity contribution < 1.29 is 23.0 Å². The molecule has 98 valence electrons. The van der Waals surface area contributed by atoms with Gasteiger partial charge in [-0.3, -0.25) is 4.79 Å². The van der Waals surface area contributed by atoms with E-state index in [0.717, 1.165) is 0 Å². The van der Waals surface area contributed by atoms with E-state index in [1.54, 1.807) is 12.1 Å². The second-order valence-electron chi connectivity index (χ2n) is 4.16. The Morgan fingerprint density at radius 2 is 2.06 bits per heavy atom. The van der Waals surface area contributed by atoms with Gasteiger partial charge in [0.15, 0.2) is 5.78 Å². The van der Waals surface area contributed by atoms with Crippen LogP contribution in [0.2, 0.25) is 0 Å². The topological polar surface area (TPSA) is 35.5 Å². The monoisotopic (exact) mass is 256 g/mol. The van der Waals surface area contributed by atoms with E-state index in [-0.39, 0.29) is 17.5 Å². The van der Waals surface area contributed by atoms with Crippen LogP contribution in [0.15, 0.2) is 24.3 Å². The number of carbonyl (C=O) groups excluding carboxylic acids is 1. The molecule has 2 rings (SSSR count). The first kappa shape index (κ1) is 13.0. The van der Waals surface area contributed by atoms with Gasteiger partial charge in [0, 0.05) is 24.7 Å². The summed E-state index contributed by atoms with van der Waals surface area (Å²) in [6.45, 7) is -1.73. The maximum absolute atomic E-state index is 12.1. The van der Waals surface area contributed by atoms with Gasteiger partial charge in [0.25, 0.3) is 0 Å². The van der Waals surface area contributed by atoms with Crippen LogP contribution >= 0.6 is 0 Å². The molecule has 18 heavy (non-hydrogen) atoms. The predicted octanol–water partition coefficient (Wildman–Crippen LogP) is 2.90. The molecule has 1 aliphatic heterocycles. The fourth-order valence-electron chi connectivity index (χ4n) is 2.02. The van der Waals surface area contributed by atoms with Crippen molar-refractivity contribution in [2.45, 2.75) is 19.5 Å². The summed E-state index contributed by atoms with van der Waals surface area (Å²) in [4.78, 5) is 12.1. The Hall–Kier alpha value is -1.49. The zero-order valence-electron chi connectivity index (χ0n) is 9.77. The van der Waals surface area contributed by atoms with Crippen molar-refractivity contribution >= 4 is 5.78 Å². The van der Waals surface area contributed by atoms with Gasteiger partial charge < -0.3 is 9.47 Å². The highest BCUT2D eigenvalue weighted by atomic mass is 19.3. The van der Waals surface area contributed by atoms with E-state index in [4.69, 9.17) is 4.74 Å². The van der Waals surface area contributed by atoms with E-state index in [1.807, 2.05) is 0 Å². The first-order chi connectivity index (χ1) is 8.66. The van der Waals surface area contributed by atoms with Gasteiger partial charge >= 0.3 is 6.61 Å². The average molecular weight is 256 g/mol. The molecular formula is C13H14F2O3. The molecule has 5 heteroatoms. The fraction of sp³-hybridized carbons (Fsp3) is 0.462. The average Bonchev–Trinajstić information content (AvgIpc) is 2.38. The predicted molar refractivity (Wildman–Crippen MR) is 60.9 cm³/mol. The Kier molecular flexibility index (Phi) is 4.25. The van der Waals surface area contributed by atoms with Crippen LogP contribution in [0.25, 0.3) is 0 Å². The maximum Gasteiger partial charge on any atom is 0.387 e. The lowest BCUT2D eigenvalue weighted by molar-refractivity contribution is -0.0498. The molecule has 0 aliphatic carbocycles. The van der Waals surface area contributed by atoms with Gasteiger partial charge in [-0.15, -0.1) is 0 Å². The van der Waals surface area contributed by atoms with E-state index in [1.165, 1.54) is 12.1 Å². The summed E-state index contributed by atoms with van der Waals surface area (Å²) in [5.74, 6) is -0.0959. The number of halogens is 2. The van der Waals surface area contributed by atoms with E-state index in [2.05, 4.69) is 4.74 Å². The fourth-order valence-corrected chi connectivity index (χ4v) is 2.02. The number of carbonyl (C=O) groups is 1. The van der Waals surface area contributed by atoms with Gasteiger partial charge in [-0.2, -0.15) is 8.78 Å². The molecule has 0 spiro atoms. The van der Waals surface area contributed by atoms with Gasteiger partial charge in [-0.05, 0) is 25.0 Å². The quantitative estimate of drug-likeness (QED) is 0.777. The first-order valence-electron chi connectivity index (χ1n) is 5.83. The molecule has 0 radical (unpaired) electrons. The summed E-state index contributed by atoms with van der Waals surface area (Å²) >= 11 is 0. The van der Waals surface area contributed by atoms with Crippen LogP contribution in [0.1, 0.15) is 23.2 Å². The van der Waals surface area contributed by atoms with Crippen LogP contribution in [0, 0.1) is 5.92 Å². The lowest BCUT2D eigenvalue weighted by atomic mass is 9.91. The van der Waals surface area contributed by atoms with Crippen molar-refractivity contribution in [3.8, 4) is 5.75 Å². The lowest BCUT2D eigenvalue weighted by Gasteiger charge is -2.20. The molecule has 1 heterocycles. The van der Waals surface area contributed by atoms with Crippen molar-refractivity contribution in [1.29, 1.82) is 0 Å². The standard InChI is InChI=1S/C13H14F2O3/c14-13(15)18-11-3-1-2-10(8-11)12(16)9-4-6-17-7-5-9/h1-3,8-9,13H,4-7H2. The highest BCUT2D eigenvalue weighted by molar-refractivity contribution is 5.98. The highest BCUT2D eigenvalue weighted by Gasteiger charge is 2.23. The molecule has 1 aliphatic rings. The molecule has 1 saturated heterocycles. The smallest absolute Gasteiger partial charge is 0.387 e. The largest absolute Gasteiger partial charge is 0.435 e. The molecule has 1 aromatic rings. The minimum Gasteiger partial charge on any atom is -0.435 e. The summed E-state index contributed by atoms with van der Waals surface area (Å²) in [5, 5.41) is 0. The van der Waals surface area contributed by atoms with Crippen LogP contribution in [-0.2, 0) is 4.74 Å². The summed E-state index contributed by atoms with van der Waals surface area (Å²) in [5.41, 5.74) is 0.417. The SMILES string of the molecule is O=C(c1cccc(OC(F)F)c1)C1CCOCC1. The van der Waals surface area contributed by atoms with Gasteiger partial charge in [0.05, 0.1) is 0 Å². The molecular weight excluding hydrogens is 242 g/mol. The Balaban J connectivity index is 2.09. The Morgan fingerprint density at radius 1 is 1.33 bits per heavy atom. The molecule has 0 bridgehead atoms. The normalized spacial score (nSPS) is 16.8. The van der Waals surface area contributed by atoms with Crippen LogP contribution in [0.5, 0.6) is 5.75 Å². The number of Topliss-reactive ketones (excluding diaryl/α,β-unsaturated/α-hetero) is 1. The minimum atomic E-state index is -2.88. The summed E-state index contributed by atoms with van der Waals surface area (Å²) < 4.78 is 33.6. The highest BCUT2D eigenvalue weighted by Crippen LogP contribution is 2.23. The molecule has 1 aromatic carbocycles. The second kappa shape index (κ2) is 5.91. The summed E-state index contributed by atoms with van der Waals surface area (Å²) in [7, 11) is 0. The Morgan fingerprint density at radius 3 is 2.72 bits per heavy atom. The van der Waals surface area contributed by atoms with Gasteiger partial charge in [-0.1, -0.05) is 12.1 Å². The Bertz CT molecular complexity index is 414. The van der Waals surface area contributed by atoms with E-state index in [9.17, 15) is 13.6 Å². The van der Waals surface area contributed by atoms with E-state index in [0.29, 0.717) is 31.6 Å². The molecule has 1 fully saturated rings. The van der Waals surface area contributed by atoms with Crippen LogP contribution in [0.3, 0.4) is 0 Å². The van der Waals surface area contributed by atoms with Crippen LogP contribution in [0.4, 0.5) is 8.78 Å². The summed E-state index contributed by atoms with van der Waals surface area (Å²) in [6, 6.07) is 5.94. The molecule has 3 nitrogen and oxygen atoms in total. The minimum absolute atomic E-state index is 0.0166. The van der Waals surface area contributed by atoms with Crippen molar-refractivity contribution in [2.75, 3.05) is 13.2 Å². The number of hydrogen-bond acceptors (Lipinski definition) is 3. The number of hydrogen-bond donors (Lipinski definition) is 0. The number of benzene rings is 1. The molecule has 0 amide bonds. The van der Waals surface area contributed by atoms with Crippen LogP contribution < -0.4 is 4.74 Å². The number of ketones is 1. The number of ether oxygens (including phenoxy) is 2. The first-order valence-corrected chi connectivity index (χ1v) is 5.83. The van der Waals surface area contributed by atoms with Crippen molar-refractivity contribution in [3.63, 3.8) is 0 Å². The zero-order valence-corrected chi connectivity index (χ0v) is 9.77. The summed E-state index contributed by atoms with van der Waals surface area (Å²) in [6.07, 6.45) is 1.36. The van der Waals surface area contributed by atoms with E-state index < -0.39 is 6.61 Å². The van der Waals surface area contributed by atoms with Gasteiger partial charge in [-0.25, -0.2) is 0 Å². The van der Waals surface area contributed by atoms with Gasteiger partial charge in [0.1, 0.15) is 5.75 Å². The molecule has 0 aromatic heterocycles. The molecule has 0 unspecified atom stereocenters. The molecule has 0 N–H and O–H groups in total. The van der Waals surface area contributed by atoms with Gasteiger partial charge in [0.2, 0.25) is 0 Å². The number of rotatable bonds is 4. The molecule has 0 atom stereocenters. The molecule has 0 saturated carbocycles. The number of alkyl halides is 2. The van der Waals surface area contributed by atoms with Crippen molar-refractivity contribution in [3.05, 3.63) is 29.8 Å². The Labute approximate surface area is 104 Å². The van der Waals surface area contributed by atoms with Crippen molar-refractivity contribution in [1.82, 2.24) is 0 Å². The third-order valence-corrected chi connectivity index (χ3v) is 2.94. The third-order valence-electron chi connectivity index (χ3n) is 2.94. The van der Waals surface area contributed by atoms with Crippen LogP contribution in [-0.4, -0.2) is 25.6 Å². The third kappa shape index (κ3) is 3.26. The van der Waals surface area contributed by atoms with Crippen molar-refractivity contribution in [2.24, 2.45) is 5.92 Å². The maximum atomic E-state index is 12.1. The zero-order chi connectivity index (χ0) is 13.0. The second-order valence-corrected chi connectivity index (χ2v) is 4.16.